The highest BCUT2D eigenvalue weighted by atomic mass is 16.5. The van der Waals surface area contributed by atoms with E-state index in [4.69, 9.17) is 4.74 Å². The minimum absolute atomic E-state index is 0.591. The lowest BCUT2D eigenvalue weighted by molar-refractivity contribution is 0.224. The van der Waals surface area contributed by atoms with E-state index in [0.29, 0.717) is 18.0 Å². The van der Waals surface area contributed by atoms with Gasteiger partial charge in [0.1, 0.15) is 5.75 Å². The zero-order chi connectivity index (χ0) is 13.4. The molecule has 0 saturated carbocycles. The largest absolute Gasteiger partial charge is 0.439 e. The van der Waals surface area contributed by atoms with Gasteiger partial charge in [0.15, 0.2) is 0 Å². The molecule has 3 fully saturated rings. The standard InChI is InChI=1S/C15H16N4O/c1-2-4-13(5-3-1)20-14-6-7-16-15(18-14)19-9-11-8-12(10-19)17-11/h1-7,11-12,17H,8-10H2. The van der Waals surface area contributed by atoms with Gasteiger partial charge in [-0.2, -0.15) is 4.98 Å². The average molecular weight is 268 g/mol. The summed E-state index contributed by atoms with van der Waals surface area (Å²) in [5.74, 6) is 2.14. The van der Waals surface area contributed by atoms with E-state index in [9.17, 15) is 0 Å². The zero-order valence-electron chi connectivity index (χ0n) is 11.1. The third kappa shape index (κ3) is 2.20. The van der Waals surface area contributed by atoms with Gasteiger partial charge in [0.05, 0.1) is 0 Å². The van der Waals surface area contributed by atoms with Gasteiger partial charge in [-0.15, -0.1) is 0 Å². The summed E-state index contributed by atoms with van der Waals surface area (Å²) in [6, 6.07) is 12.7. The predicted molar refractivity (Wildman–Crippen MR) is 76.1 cm³/mol. The van der Waals surface area contributed by atoms with Crippen LogP contribution in [0.2, 0.25) is 0 Å². The van der Waals surface area contributed by atoms with Gasteiger partial charge in [-0.1, -0.05) is 18.2 Å². The van der Waals surface area contributed by atoms with Gasteiger partial charge in [0.2, 0.25) is 11.8 Å². The minimum Gasteiger partial charge on any atom is -0.439 e. The van der Waals surface area contributed by atoms with Crippen molar-refractivity contribution in [3.63, 3.8) is 0 Å². The molecular weight excluding hydrogens is 252 g/mol. The fraction of sp³-hybridized carbons (Fsp3) is 0.333. The SMILES string of the molecule is c1ccc(Oc2ccnc(N3CC4CC(C3)N4)n2)cc1. The molecule has 1 aromatic heterocycles. The Labute approximate surface area is 117 Å². The van der Waals surface area contributed by atoms with Crippen molar-refractivity contribution in [2.75, 3.05) is 18.0 Å². The summed E-state index contributed by atoms with van der Waals surface area (Å²) >= 11 is 0. The molecule has 5 nitrogen and oxygen atoms in total. The van der Waals surface area contributed by atoms with Crippen LogP contribution in [-0.2, 0) is 0 Å². The predicted octanol–water partition coefficient (Wildman–Crippen LogP) is 1.82. The number of fused-ring (bicyclic) bond motifs is 2. The molecule has 0 radical (unpaired) electrons. The molecule has 2 unspecified atom stereocenters. The average Bonchev–Trinajstić information content (AvgIpc) is 2.48. The molecule has 0 spiro atoms. The number of rotatable bonds is 3. The normalized spacial score (nSPS) is 24.1. The van der Waals surface area contributed by atoms with Crippen LogP contribution in [0.3, 0.4) is 0 Å². The monoisotopic (exact) mass is 268 g/mol. The summed E-state index contributed by atoms with van der Waals surface area (Å²) in [6.07, 6.45) is 3.03. The van der Waals surface area contributed by atoms with Crippen LogP contribution in [0.5, 0.6) is 11.6 Å². The first-order valence-electron chi connectivity index (χ1n) is 6.94. The fourth-order valence-electron chi connectivity index (χ4n) is 2.83. The summed E-state index contributed by atoms with van der Waals surface area (Å²) in [5, 5.41) is 3.50. The number of nitrogens with one attached hydrogen (secondary N) is 1. The van der Waals surface area contributed by atoms with Crippen LogP contribution >= 0.6 is 0 Å². The lowest BCUT2D eigenvalue weighted by Gasteiger charge is -2.48. The Hall–Kier alpha value is -2.14. The Morgan fingerprint density at radius 1 is 1.10 bits per heavy atom. The number of aromatic nitrogens is 2. The molecule has 0 aliphatic carbocycles. The minimum atomic E-state index is 0.591. The van der Waals surface area contributed by atoms with Crippen molar-refractivity contribution >= 4 is 5.95 Å². The Balaban J connectivity index is 1.52. The maximum atomic E-state index is 5.75. The molecule has 2 aromatic rings. The number of piperidine rings is 1. The number of benzene rings is 1. The lowest BCUT2D eigenvalue weighted by atomic mass is 9.92. The quantitative estimate of drug-likeness (QED) is 0.920. The van der Waals surface area contributed by atoms with E-state index in [2.05, 4.69) is 20.2 Å². The van der Waals surface area contributed by atoms with Gasteiger partial charge < -0.3 is 15.0 Å². The first kappa shape index (κ1) is 11.7. The molecule has 3 aliphatic heterocycles. The van der Waals surface area contributed by atoms with E-state index in [0.717, 1.165) is 24.8 Å². The highest BCUT2D eigenvalue weighted by molar-refractivity contribution is 5.36. The molecule has 2 atom stereocenters. The molecule has 1 N–H and O–H groups in total. The maximum Gasteiger partial charge on any atom is 0.228 e. The van der Waals surface area contributed by atoms with Crippen LogP contribution in [-0.4, -0.2) is 35.1 Å². The molecule has 2 bridgehead atoms. The first-order chi connectivity index (χ1) is 9.87. The van der Waals surface area contributed by atoms with Crippen LogP contribution in [0.1, 0.15) is 6.42 Å². The topological polar surface area (TPSA) is 50.3 Å². The summed E-state index contributed by atoms with van der Waals surface area (Å²) in [5.41, 5.74) is 0. The van der Waals surface area contributed by atoms with Gasteiger partial charge >= 0.3 is 0 Å². The van der Waals surface area contributed by atoms with E-state index in [-0.39, 0.29) is 0 Å². The number of nitrogens with zero attached hydrogens (tertiary/aromatic N) is 3. The van der Waals surface area contributed by atoms with E-state index >= 15 is 0 Å². The number of anilines is 1. The molecule has 20 heavy (non-hydrogen) atoms. The highest BCUT2D eigenvalue weighted by Gasteiger charge is 2.37. The van der Waals surface area contributed by atoms with Crippen LogP contribution < -0.4 is 15.0 Å². The van der Waals surface area contributed by atoms with Crippen LogP contribution in [0, 0.1) is 0 Å². The third-order valence-electron chi connectivity index (χ3n) is 3.79. The molecule has 0 amide bonds. The second kappa shape index (κ2) is 4.76. The molecule has 3 saturated heterocycles. The summed E-state index contributed by atoms with van der Waals surface area (Å²) < 4.78 is 5.75. The third-order valence-corrected chi connectivity index (χ3v) is 3.79. The fourth-order valence-corrected chi connectivity index (χ4v) is 2.83. The smallest absolute Gasteiger partial charge is 0.228 e. The van der Waals surface area contributed by atoms with E-state index in [1.807, 2.05) is 30.3 Å². The van der Waals surface area contributed by atoms with Gasteiger partial charge in [-0.3, -0.25) is 0 Å². The highest BCUT2D eigenvalue weighted by Crippen LogP contribution is 2.25. The lowest BCUT2D eigenvalue weighted by Crippen LogP contribution is -2.67. The van der Waals surface area contributed by atoms with Crippen LogP contribution in [0.15, 0.2) is 42.6 Å². The van der Waals surface area contributed by atoms with Crippen molar-refractivity contribution < 1.29 is 4.74 Å². The van der Waals surface area contributed by atoms with Gasteiger partial charge in [-0.05, 0) is 18.6 Å². The van der Waals surface area contributed by atoms with E-state index in [1.165, 1.54) is 6.42 Å². The number of hydrogen-bond donors (Lipinski definition) is 1. The number of piperazine rings is 1. The van der Waals surface area contributed by atoms with Crippen LogP contribution in [0.25, 0.3) is 0 Å². The summed E-state index contributed by atoms with van der Waals surface area (Å²) in [6.45, 7) is 1.95. The Morgan fingerprint density at radius 2 is 1.85 bits per heavy atom. The molecule has 5 heteroatoms. The number of ether oxygens (including phenoxy) is 1. The van der Waals surface area contributed by atoms with Crippen molar-refractivity contribution in [3.8, 4) is 11.6 Å². The van der Waals surface area contributed by atoms with E-state index < -0.39 is 0 Å². The number of para-hydroxylation sites is 1. The van der Waals surface area contributed by atoms with Crippen molar-refractivity contribution in [3.05, 3.63) is 42.6 Å². The molecular formula is C15H16N4O. The van der Waals surface area contributed by atoms with Gasteiger partial charge in [0, 0.05) is 37.4 Å². The summed E-state index contributed by atoms with van der Waals surface area (Å²) in [7, 11) is 0. The Bertz CT molecular complexity index is 588. The molecule has 3 aliphatic rings. The second-order valence-electron chi connectivity index (χ2n) is 5.31. The van der Waals surface area contributed by atoms with Crippen molar-refractivity contribution in [1.29, 1.82) is 0 Å². The molecule has 5 rings (SSSR count). The van der Waals surface area contributed by atoms with Crippen molar-refractivity contribution in [2.45, 2.75) is 18.5 Å². The molecule has 102 valence electrons. The first-order valence-corrected chi connectivity index (χ1v) is 6.94. The van der Waals surface area contributed by atoms with Crippen molar-refractivity contribution in [2.24, 2.45) is 0 Å². The van der Waals surface area contributed by atoms with Crippen molar-refractivity contribution in [1.82, 2.24) is 15.3 Å². The zero-order valence-corrected chi connectivity index (χ0v) is 11.1. The van der Waals surface area contributed by atoms with Gasteiger partial charge in [0.25, 0.3) is 0 Å². The maximum absolute atomic E-state index is 5.75. The second-order valence-corrected chi connectivity index (χ2v) is 5.31. The summed E-state index contributed by atoms with van der Waals surface area (Å²) in [4.78, 5) is 11.1. The molecule has 1 aromatic carbocycles. The Morgan fingerprint density at radius 3 is 2.60 bits per heavy atom. The van der Waals surface area contributed by atoms with Gasteiger partial charge in [-0.25, -0.2) is 4.98 Å². The molecule has 4 heterocycles. The van der Waals surface area contributed by atoms with E-state index in [1.54, 1.807) is 12.3 Å². The number of hydrogen-bond acceptors (Lipinski definition) is 5. The van der Waals surface area contributed by atoms with Crippen LogP contribution in [0.4, 0.5) is 5.95 Å². The Kier molecular flexibility index (Phi) is 2.77.